The van der Waals surface area contributed by atoms with E-state index in [2.05, 4.69) is 23.9 Å². The zero-order chi connectivity index (χ0) is 14.4. The third-order valence-corrected chi connectivity index (χ3v) is 2.80. The fourth-order valence-corrected chi connectivity index (χ4v) is 1.93. The lowest BCUT2D eigenvalue weighted by Crippen LogP contribution is -2.27. The van der Waals surface area contributed by atoms with Crippen molar-refractivity contribution in [2.45, 2.75) is 39.8 Å². The van der Waals surface area contributed by atoms with Crippen molar-refractivity contribution in [2.75, 3.05) is 13.7 Å². The molecule has 0 bridgehead atoms. The number of hydrogen-bond acceptors (Lipinski definition) is 5. The zero-order valence-corrected chi connectivity index (χ0v) is 12.0. The Morgan fingerprint density at radius 1 is 1.53 bits per heavy atom. The van der Waals surface area contributed by atoms with Crippen LogP contribution in [0.2, 0.25) is 0 Å². The molecule has 1 aromatic rings. The van der Waals surface area contributed by atoms with Crippen molar-refractivity contribution in [1.29, 1.82) is 0 Å². The summed E-state index contributed by atoms with van der Waals surface area (Å²) in [6.07, 6.45) is 0.397. The van der Waals surface area contributed by atoms with Crippen LogP contribution in [0.25, 0.3) is 0 Å². The van der Waals surface area contributed by atoms with E-state index in [0.717, 1.165) is 6.42 Å². The van der Waals surface area contributed by atoms with Gasteiger partial charge in [-0.25, -0.2) is 4.79 Å². The lowest BCUT2D eigenvalue weighted by atomic mass is 10.1. The van der Waals surface area contributed by atoms with Gasteiger partial charge in [0.1, 0.15) is 17.1 Å². The Morgan fingerprint density at radius 2 is 2.21 bits per heavy atom. The standard InChI is InChI=1S/C14H23NO4/c1-9(2)5-11(16)7-15-8-12-6-13(10(3)19-12)14(17)18-4/h6,9,11,15-16H,5,7-8H2,1-4H3. The number of rotatable bonds is 7. The number of nitrogens with one attached hydrogen (secondary N) is 1. The van der Waals surface area contributed by atoms with Crippen molar-refractivity contribution in [1.82, 2.24) is 5.32 Å². The van der Waals surface area contributed by atoms with E-state index in [-0.39, 0.29) is 6.10 Å². The third-order valence-electron chi connectivity index (χ3n) is 2.80. The Balaban J connectivity index is 2.44. The van der Waals surface area contributed by atoms with Gasteiger partial charge in [0.25, 0.3) is 0 Å². The van der Waals surface area contributed by atoms with E-state index in [1.165, 1.54) is 7.11 Å². The van der Waals surface area contributed by atoms with Crippen LogP contribution in [-0.2, 0) is 11.3 Å². The van der Waals surface area contributed by atoms with Crippen LogP contribution in [0.15, 0.2) is 10.5 Å². The summed E-state index contributed by atoms with van der Waals surface area (Å²) in [6.45, 7) is 6.85. The summed E-state index contributed by atoms with van der Waals surface area (Å²) in [5, 5.41) is 12.8. The largest absolute Gasteiger partial charge is 0.465 e. The summed E-state index contributed by atoms with van der Waals surface area (Å²) in [5.41, 5.74) is 0.446. The molecule has 1 heterocycles. The van der Waals surface area contributed by atoms with Gasteiger partial charge in [0.05, 0.1) is 19.8 Å². The Labute approximate surface area is 113 Å². The molecule has 5 nitrogen and oxygen atoms in total. The molecule has 0 aliphatic rings. The fraction of sp³-hybridized carbons (Fsp3) is 0.643. The maximum Gasteiger partial charge on any atom is 0.341 e. The number of methoxy groups -OCH3 is 1. The number of carbonyl (C=O) groups excluding carboxylic acids is 1. The first-order valence-electron chi connectivity index (χ1n) is 6.50. The Hall–Kier alpha value is -1.33. The predicted octanol–water partition coefficient (Wildman–Crippen LogP) is 1.87. The van der Waals surface area contributed by atoms with Gasteiger partial charge in [-0.15, -0.1) is 0 Å². The SMILES string of the molecule is COC(=O)c1cc(CNCC(O)CC(C)C)oc1C. The smallest absolute Gasteiger partial charge is 0.341 e. The van der Waals surface area contributed by atoms with Crippen LogP contribution < -0.4 is 5.32 Å². The molecule has 0 aliphatic heterocycles. The van der Waals surface area contributed by atoms with Crippen LogP contribution in [0.1, 0.15) is 42.1 Å². The van der Waals surface area contributed by atoms with E-state index in [4.69, 9.17) is 4.42 Å². The van der Waals surface area contributed by atoms with Crippen molar-refractivity contribution in [2.24, 2.45) is 5.92 Å². The average Bonchev–Trinajstić information content (AvgIpc) is 2.68. The summed E-state index contributed by atoms with van der Waals surface area (Å²) in [7, 11) is 1.34. The molecule has 0 saturated heterocycles. The highest BCUT2D eigenvalue weighted by Gasteiger charge is 2.15. The van der Waals surface area contributed by atoms with Crippen LogP contribution in [0.3, 0.4) is 0 Å². The normalized spacial score (nSPS) is 12.7. The molecule has 1 rings (SSSR count). The summed E-state index contributed by atoms with van der Waals surface area (Å²) in [5.74, 6) is 1.28. The number of hydrogen-bond donors (Lipinski definition) is 2. The van der Waals surface area contributed by atoms with Gasteiger partial charge in [0, 0.05) is 6.54 Å². The Bertz CT molecular complexity index is 412. The Morgan fingerprint density at radius 3 is 2.79 bits per heavy atom. The van der Waals surface area contributed by atoms with Gasteiger partial charge >= 0.3 is 5.97 Å². The minimum Gasteiger partial charge on any atom is -0.465 e. The lowest BCUT2D eigenvalue weighted by molar-refractivity contribution is 0.0599. The number of furan rings is 1. The summed E-state index contributed by atoms with van der Waals surface area (Å²) in [6, 6.07) is 1.67. The minimum atomic E-state index is -0.396. The lowest BCUT2D eigenvalue weighted by Gasteiger charge is -2.13. The van der Waals surface area contributed by atoms with Crippen molar-refractivity contribution < 1.29 is 19.1 Å². The van der Waals surface area contributed by atoms with Crippen LogP contribution in [0, 0.1) is 12.8 Å². The van der Waals surface area contributed by atoms with Crippen molar-refractivity contribution in [3.63, 3.8) is 0 Å². The van der Waals surface area contributed by atoms with E-state index in [9.17, 15) is 9.90 Å². The second-order valence-corrected chi connectivity index (χ2v) is 5.09. The molecule has 19 heavy (non-hydrogen) atoms. The second kappa shape index (κ2) is 7.31. The highest BCUT2D eigenvalue weighted by molar-refractivity contribution is 5.90. The molecular weight excluding hydrogens is 246 g/mol. The molecule has 0 fully saturated rings. The minimum absolute atomic E-state index is 0.365. The number of aryl methyl sites for hydroxylation is 1. The molecule has 0 aromatic carbocycles. The topological polar surface area (TPSA) is 71.7 Å². The van der Waals surface area contributed by atoms with Crippen molar-refractivity contribution >= 4 is 5.97 Å². The Kier molecular flexibility index (Phi) is 6.05. The van der Waals surface area contributed by atoms with E-state index < -0.39 is 5.97 Å². The van der Waals surface area contributed by atoms with E-state index in [0.29, 0.717) is 36.1 Å². The first-order chi connectivity index (χ1) is 8.93. The van der Waals surface area contributed by atoms with Gasteiger partial charge in [-0.3, -0.25) is 0 Å². The molecule has 0 spiro atoms. The molecule has 108 valence electrons. The molecular formula is C14H23NO4. The maximum atomic E-state index is 11.4. The quantitative estimate of drug-likeness (QED) is 0.739. The molecule has 5 heteroatoms. The molecule has 0 saturated carbocycles. The van der Waals surface area contributed by atoms with Gasteiger partial charge in [-0.2, -0.15) is 0 Å². The number of ether oxygens (including phenoxy) is 1. The number of carbonyl (C=O) groups is 1. The van der Waals surface area contributed by atoms with E-state index in [1.54, 1.807) is 13.0 Å². The van der Waals surface area contributed by atoms with Crippen LogP contribution in [0.4, 0.5) is 0 Å². The van der Waals surface area contributed by atoms with Gasteiger partial charge in [0.15, 0.2) is 0 Å². The van der Waals surface area contributed by atoms with Gasteiger partial charge < -0.3 is 19.6 Å². The van der Waals surface area contributed by atoms with Gasteiger partial charge in [0.2, 0.25) is 0 Å². The van der Waals surface area contributed by atoms with Crippen molar-refractivity contribution in [3.8, 4) is 0 Å². The molecule has 2 N–H and O–H groups in total. The third kappa shape index (κ3) is 5.04. The van der Waals surface area contributed by atoms with Crippen molar-refractivity contribution in [3.05, 3.63) is 23.2 Å². The highest BCUT2D eigenvalue weighted by Crippen LogP contribution is 2.15. The highest BCUT2D eigenvalue weighted by atomic mass is 16.5. The number of aliphatic hydroxyl groups is 1. The van der Waals surface area contributed by atoms with Crippen LogP contribution in [0.5, 0.6) is 0 Å². The number of esters is 1. The molecule has 1 atom stereocenters. The molecule has 0 radical (unpaired) electrons. The monoisotopic (exact) mass is 269 g/mol. The molecule has 1 aromatic heterocycles. The molecule has 0 amide bonds. The summed E-state index contributed by atoms with van der Waals surface area (Å²) >= 11 is 0. The van der Waals surface area contributed by atoms with E-state index >= 15 is 0 Å². The zero-order valence-electron chi connectivity index (χ0n) is 12.0. The average molecular weight is 269 g/mol. The first kappa shape index (κ1) is 15.7. The van der Waals surface area contributed by atoms with Crippen LogP contribution in [-0.4, -0.2) is 30.8 Å². The molecule has 0 aliphatic carbocycles. The van der Waals surface area contributed by atoms with Gasteiger partial charge in [-0.1, -0.05) is 13.8 Å². The van der Waals surface area contributed by atoms with Crippen LogP contribution >= 0.6 is 0 Å². The first-order valence-corrected chi connectivity index (χ1v) is 6.50. The number of aliphatic hydroxyl groups excluding tert-OH is 1. The predicted molar refractivity (Wildman–Crippen MR) is 72.0 cm³/mol. The summed E-state index contributed by atoms with van der Waals surface area (Å²) in [4.78, 5) is 11.4. The fourth-order valence-electron chi connectivity index (χ4n) is 1.93. The maximum absolute atomic E-state index is 11.4. The van der Waals surface area contributed by atoms with E-state index in [1.807, 2.05) is 0 Å². The summed E-state index contributed by atoms with van der Waals surface area (Å²) < 4.78 is 10.1. The van der Waals surface area contributed by atoms with Gasteiger partial charge in [-0.05, 0) is 25.3 Å². The molecule has 1 unspecified atom stereocenters. The second-order valence-electron chi connectivity index (χ2n) is 5.09.